The van der Waals surface area contributed by atoms with Gasteiger partial charge in [0.2, 0.25) is 5.91 Å². The van der Waals surface area contributed by atoms with E-state index in [4.69, 9.17) is 0 Å². The topological polar surface area (TPSA) is 84.3 Å². The molecule has 108 valence electrons. The summed E-state index contributed by atoms with van der Waals surface area (Å²) in [4.78, 5) is 22.2. The van der Waals surface area contributed by atoms with Crippen LogP contribution >= 0.6 is 0 Å². The van der Waals surface area contributed by atoms with Crippen molar-refractivity contribution in [3.63, 3.8) is 0 Å². The van der Waals surface area contributed by atoms with Gasteiger partial charge in [0.05, 0.1) is 17.0 Å². The molecule has 2 N–H and O–H groups in total. The van der Waals surface area contributed by atoms with Gasteiger partial charge in [-0.15, -0.1) is 0 Å². The second-order valence-corrected chi connectivity index (χ2v) is 4.76. The van der Waals surface area contributed by atoms with Crippen molar-refractivity contribution in [2.45, 2.75) is 31.7 Å². The molecule has 1 atom stereocenters. The lowest BCUT2D eigenvalue weighted by Crippen LogP contribution is -2.39. The average molecular weight is 281 g/mol. The fraction of sp³-hybridized carbons (Fsp3) is 0.462. The lowest BCUT2D eigenvalue weighted by atomic mass is 10.1. The summed E-state index contributed by atoms with van der Waals surface area (Å²) >= 11 is 0. The molecule has 0 radical (unpaired) electrons. The number of halogens is 1. The first-order chi connectivity index (χ1) is 9.58. The van der Waals surface area contributed by atoms with Crippen molar-refractivity contribution >= 4 is 17.3 Å². The minimum atomic E-state index is -0.709. The molecule has 20 heavy (non-hydrogen) atoms. The Bertz CT molecular complexity index is 514. The molecule has 0 aromatic heterocycles. The third-order valence-electron chi connectivity index (χ3n) is 3.29. The van der Waals surface area contributed by atoms with Crippen LogP contribution in [-0.2, 0) is 4.79 Å². The zero-order valence-electron chi connectivity index (χ0n) is 10.9. The molecule has 1 heterocycles. The van der Waals surface area contributed by atoms with Gasteiger partial charge in [-0.25, -0.2) is 4.39 Å². The van der Waals surface area contributed by atoms with Crippen LogP contribution < -0.4 is 10.6 Å². The summed E-state index contributed by atoms with van der Waals surface area (Å²) < 4.78 is 13.0. The van der Waals surface area contributed by atoms with Crippen LogP contribution in [-0.4, -0.2) is 23.4 Å². The van der Waals surface area contributed by atoms with E-state index in [1.54, 1.807) is 0 Å². The molecule has 1 amide bonds. The number of amides is 1. The van der Waals surface area contributed by atoms with Crippen molar-refractivity contribution in [3.8, 4) is 0 Å². The zero-order chi connectivity index (χ0) is 14.5. The second-order valence-electron chi connectivity index (χ2n) is 4.76. The van der Waals surface area contributed by atoms with E-state index in [-0.39, 0.29) is 17.6 Å². The maximum absolute atomic E-state index is 13.0. The van der Waals surface area contributed by atoms with E-state index in [2.05, 4.69) is 10.6 Å². The molecule has 2 rings (SSSR count). The van der Waals surface area contributed by atoms with Gasteiger partial charge in [0.1, 0.15) is 11.5 Å². The minimum absolute atomic E-state index is 0.0208. The Kier molecular flexibility index (Phi) is 4.62. The second kappa shape index (κ2) is 6.42. The number of hydrogen-bond acceptors (Lipinski definition) is 4. The number of anilines is 1. The maximum atomic E-state index is 13.0. The van der Waals surface area contributed by atoms with Crippen LogP contribution in [0.25, 0.3) is 0 Å². The fourth-order valence-electron chi connectivity index (χ4n) is 2.23. The van der Waals surface area contributed by atoms with E-state index >= 15 is 0 Å². The molecule has 1 unspecified atom stereocenters. The lowest BCUT2D eigenvalue weighted by Gasteiger charge is -2.15. The molecule has 1 fully saturated rings. The van der Waals surface area contributed by atoms with Gasteiger partial charge in [0.15, 0.2) is 0 Å². The predicted octanol–water partition coefficient (Wildman–Crippen LogP) is 2.20. The number of nitro benzene ring substituents is 1. The van der Waals surface area contributed by atoms with Gasteiger partial charge >= 0.3 is 0 Å². The number of rotatable bonds is 3. The highest BCUT2D eigenvalue weighted by Gasteiger charge is 2.23. The number of hydrogen-bond donors (Lipinski definition) is 2. The Morgan fingerprint density at radius 3 is 2.95 bits per heavy atom. The van der Waals surface area contributed by atoms with Crippen LogP contribution in [0.1, 0.15) is 25.7 Å². The number of nitro groups is 1. The molecule has 0 spiro atoms. The molecule has 1 aromatic carbocycles. The number of benzene rings is 1. The Balaban J connectivity index is 2.12. The maximum Gasteiger partial charge on any atom is 0.295 e. The zero-order valence-corrected chi connectivity index (χ0v) is 10.9. The van der Waals surface area contributed by atoms with Crippen LogP contribution in [0.2, 0.25) is 0 Å². The number of carbonyl (C=O) groups excluding carboxylic acids is 1. The molecule has 7 heteroatoms. The van der Waals surface area contributed by atoms with Gasteiger partial charge < -0.3 is 10.6 Å². The van der Waals surface area contributed by atoms with Crippen molar-refractivity contribution in [1.82, 2.24) is 5.32 Å². The minimum Gasteiger partial charge on any atom is -0.319 e. The molecule has 0 aliphatic carbocycles. The molecule has 0 saturated carbocycles. The first-order valence-corrected chi connectivity index (χ1v) is 6.56. The van der Waals surface area contributed by atoms with E-state index < -0.39 is 16.4 Å². The van der Waals surface area contributed by atoms with E-state index in [1.807, 2.05) is 0 Å². The van der Waals surface area contributed by atoms with E-state index in [1.165, 1.54) is 6.07 Å². The number of nitrogens with zero attached hydrogens (tertiary/aromatic N) is 1. The molecule has 1 saturated heterocycles. The van der Waals surface area contributed by atoms with E-state index in [9.17, 15) is 19.3 Å². The molecule has 1 aromatic rings. The largest absolute Gasteiger partial charge is 0.319 e. The van der Waals surface area contributed by atoms with Crippen LogP contribution in [0, 0.1) is 15.9 Å². The molecular weight excluding hydrogens is 265 g/mol. The van der Waals surface area contributed by atoms with Gasteiger partial charge in [-0.2, -0.15) is 0 Å². The summed E-state index contributed by atoms with van der Waals surface area (Å²) in [6.07, 6.45) is 3.71. The average Bonchev–Trinajstić information content (AvgIpc) is 2.69. The molecule has 0 bridgehead atoms. The summed E-state index contributed by atoms with van der Waals surface area (Å²) in [6.45, 7) is 0.754. The molecule has 1 aliphatic heterocycles. The highest BCUT2D eigenvalue weighted by Crippen LogP contribution is 2.25. The first kappa shape index (κ1) is 14.4. The third-order valence-corrected chi connectivity index (χ3v) is 3.29. The highest BCUT2D eigenvalue weighted by molar-refractivity contribution is 5.96. The summed E-state index contributed by atoms with van der Waals surface area (Å²) in [7, 11) is 0. The third kappa shape index (κ3) is 3.51. The fourth-order valence-corrected chi connectivity index (χ4v) is 2.23. The van der Waals surface area contributed by atoms with Gasteiger partial charge in [0, 0.05) is 0 Å². The van der Waals surface area contributed by atoms with Gasteiger partial charge in [-0.3, -0.25) is 14.9 Å². The first-order valence-electron chi connectivity index (χ1n) is 6.56. The Hall–Kier alpha value is -2.02. The Morgan fingerprint density at radius 2 is 2.20 bits per heavy atom. The molecule has 6 nitrogen and oxygen atoms in total. The lowest BCUT2D eigenvalue weighted by molar-refractivity contribution is -0.384. The van der Waals surface area contributed by atoms with Crippen LogP contribution in [0.5, 0.6) is 0 Å². The molecular formula is C13H16FN3O3. The number of nitrogens with one attached hydrogen (secondary N) is 2. The molecule has 1 aliphatic rings. The predicted molar refractivity (Wildman–Crippen MR) is 71.9 cm³/mol. The van der Waals surface area contributed by atoms with Crippen molar-refractivity contribution in [2.24, 2.45) is 0 Å². The van der Waals surface area contributed by atoms with Gasteiger partial charge in [-0.05, 0) is 31.5 Å². The normalized spacial score (nSPS) is 19.1. The quantitative estimate of drug-likeness (QED) is 0.657. The monoisotopic (exact) mass is 281 g/mol. The van der Waals surface area contributed by atoms with E-state index in [0.29, 0.717) is 6.42 Å². The Labute approximate surface area is 115 Å². The summed E-state index contributed by atoms with van der Waals surface area (Å²) in [5.41, 5.74) is -0.417. The van der Waals surface area contributed by atoms with Crippen LogP contribution in [0.3, 0.4) is 0 Å². The van der Waals surface area contributed by atoms with Crippen molar-refractivity contribution in [1.29, 1.82) is 0 Å². The van der Waals surface area contributed by atoms with Gasteiger partial charge in [-0.1, -0.05) is 12.8 Å². The van der Waals surface area contributed by atoms with E-state index in [0.717, 1.165) is 37.9 Å². The SMILES string of the molecule is O=C(Nc1ccc(F)cc1[N+](=O)[O-])C1CCCCCN1. The van der Waals surface area contributed by atoms with Crippen molar-refractivity contribution < 1.29 is 14.1 Å². The summed E-state index contributed by atoms with van der Waals surface area (Å²) in [6, 6.07) is 2.74. The van der Waals surface area contributed by atoms with Crippen molar-refractivity contribution in [2.75, 3.05) is 11.9 Å². The van der Waals surface area contributed by atoms with Crippen LogP contribution in [0.15, 0.2) is 18.2 Å². The standard InChI is InChI=1S/C13H16FN3O3/c14-9-5-6-10(12(8-9)17(19)20)16-13(18)11-4-2-1-3-7-15-11/h5-6,8,11,15H,1-4,7H2,(H,16,18). The summed E-state index contributed by atoms with van der Waals surface area (Å²) in [5.74, 6) is -1.02. The van der Waals surface area contributed by atoms with Crippen LogP contribution in [0.4, 0.5) is 15.8 Å². The Morgan fingerprint density at radius 1 is 1.40 bits per heavy atom. The highest BCUT2D eigenvalue weighted by atomic mass is 19.1. The van der Waals surface area contributed by atoms with Gasteiger partial charge in [0.25, 0.3) is 5.69 Å². The smallest absolute Gasteiger partial charge is 0.295 e. The summed E-state index contributed by atoms with van der Waals surface area (Å²) in [5, 5.41) is 16.5. The number of carbonyl (C=O) groups is 1. The van der Waals surface area contributed by atoms with Crippen molar-refractivity contribution in [3.05, 3.63) is 34.1 Å².